The summed E-state index contributed by atoms with van der Waals surface area (Å²) in [6.45, 7) is 6.08. The van der Waals surface area contributed by atoms with E-state index in [-0.39, 0.29) is 23.8 Å². The Balaban J connectivity index is 2.11. The number of likely N-dealkylation sites (N-methyl/N-ethyl adjacent to an activating group) is 1. The van der Waals surface area contributed by atoms with Crippen molar-refractivity contribution in [2.45, 2.75) is 26.2 Å². The highest BCUT2D eigenvalue weighted by Gasteiger charge is 2.19. The summed E-state index contributed by atoms with van der Waals surface area (Å²) in [5.74, 6) is -0.129. The number of para-hydroxylation sites is 1. The highest BCUT2D eigenvalue weighted by molar-refractivity contribution is 7.14. The summed E-state index contributed by atoms with van der Waals surface area (Å²) < 4.78 is 5.51. The van der Waals surface area contributed by atoms with Crippen molar-refractivity contribution in [2.75, 3.05) is 26.0 Å². The first-order chi connectivity index (χ1) is 11.7. The number of aromatic nitrogens is 1. The zero-order valence-corrected chi connectivity index (χ0v) is 15.9. The first-order valence-corrected chi connectivity index (χ1v) is 8.76. The van der Waals surface area contributed by atoms with Crippen LogP contribution < -0.4 is 10.1 Å². The van der Waals surface area contributed by atoms with Crippen molar-refractivity contribution in [3.05, 3.63) is 40.9 Å². The number of ether oxygens (including phenoxy) is 1. The minimum Gasteiger partial charge on any atom is -0.483 e. The number of nitrogens with one attached hydrogen (secondary N) is 1. The van der Waals surface area contributed by atoms with E-state index < -0.39 is 0 Å². The Bertz CT molecular complexity index is 763. The fourth-order valence-corrected chi connectivity index (χ4v) is 2.82. The Morgan fingerprint density at radius 3 is 2.52 bits per heavy atom. The molecule has 0 atom stereocenters. The van der Waals surface area contributed by atoms with Gasteiger partial charge in [-0.2, -0.15) is 0 Å². The van der Waals surface area contributed by atoms with Crippen LogP contribution in [0.3, 0.4) is 0 Å². The van der Waals surface area contributed by atoms with Crippen LogP contribution in [0.4, 0.5) is 5.13 Å². The molecule has 0 bridgehead atoms. The molecule has 0 fully saturated rings. The molecule has 1 heterocycles. The van der Waals surface area contributed by atoms with Gasteiger partial charge in [0, 0.05) is 24.9 Å². The van der Waals surface area contributed by atoms with Gasteiger partial charge in [0.25, 0.3) is 11.8 Å². The molecule has 6 nitrogen and oxygen atoms in total. The minimum absolute atomic E-state index is 0.0764. The van der Waals surface area contributed by atoms with Gasteiger partial charge in [-0.25, -0.2) is 4.98 Å². The van der Waals surface area contributed by atoms with Crippen molar-refractivity contribution >= 4 is 28.3 Å². The van der Waals surface area contributed by atoms with Crippen LogP contribution >= 0.6 is 11.3 Å². The van der Waals surface area contributed by atoms with E-state index in [9.17, 15) is 9.59 Å². The Hall–Kier alpha value is -2.41. The fraction of sp³-hybridized carbons (Fsp3) is 0.389. The average molecular weight is 361 g/mol. The summed E-state index contributed by atoms with van der Waals surface area (Å²) in [6, 6.07) is 6.83. The van der Waals surface area contributed by atoms with Gasteiger partial charge in [-0.1, -0.05) is 32.9 Å². The number of nitrogens with zero attached hydrogens (tertiary/aromatic N) is 2. The summed E-state index contributed by atoms with van der Waals surface area (Å²) >= 11 is 1.38. The Morgan fingerprint density at radius 2 is 1.92 bits per heavy atom. The first kappa shape index (κ1) is 18.9. The average Bonchev–Trinajstić information content (AvgIpc) is 3.01. The van der Waals surface area contributed by atoms with E-state index in [4.69, 9.17) is 4.74 Å². The molecule has 0 aliphatic carbocycles. The molecule has 1 aromatic carbocycles. The maximum absolute atomic E-state index is 12.6. The van der Waals surface area contributed by atoms with Crippen molar-refractivity contribution < 1.29 is 14.3 Å². The molecular formula is C18H23N3O3S. The lowest BCUT2D eigenvalue weighted by molar-refractivity contribution is -0.130. The number of amides is 2. The van der Waals surface area contributed by atoms with E-state index >= 15 is 0 Å². The monoisotopic (exact) mass is 361 g/mol. The normalized spacial score (nSPS) is 11.1. The summed E-state index contributed by atoms with van der Waals surface area (Å²) in [5.41, 5.74) is 1.21. The number of hydrogen-bond acceptors (Lipinski definition) is 5. The molecule has 7 heteroatoms. The third-order valence-electron chi connectivity index (χ3n) is 3.47. The molecule has 0 aliphatic heterocycles. The molecule has 0 aliphatic rings. The molecule has 0 unspecified atom stereocenters. The van der Waals surface area contributed by atoms with Crippen LogP contribution in [0.15, 0.2) is 29.6 Å². The van der Waals surface area contributed by atoms with Crippen molar-refractivity contribution in [1.29, 1.82) is 0 Å². The molecule has 1 aromatic heterocycles. The molecule has 0 radical (unpaired) electrons. The molecule has 2 amide bonds. The van der Waals surface area contributed by atoms with Gasteiger partial charge in [-0.3, -0.25) is 14.9 Å². The van der Waals surface area contributed by atoms with E-state index in [2.05, 4.69) is 31.1 Å². The highest BCUT2D eigenvalue weighted by Crippen LogP contribution is 2.27. The molecule has 0 saturated carbocycles. The standard InChI is InChI=1S/C18H23N3O3S/c1-18(2,3)14-11-25-17(19-14)20-16(23)12-8-6-7-9-13(12)24-10-15(22)21(4)5/h6-9,11H,10H2,1-5H3,(H,19,20,23). The van der Waals surface area contributed by atoms with Crippen molar-refractivity contribution in [1.82, 2.24) is 9.88 Å². The topological polar surface area (TPSA) is 71.5 Å². The van der Waals surface area contributed by atoms with Gasteiger partial charge in [0.05, 0.1) is 11.3 Å². The number of carbonyl (C=O) groups excluding carboxylic acids is 2. The van der Waals surface area contributed by atoms with Crippen LogP contribution in [-0.2, 0) is 10.2 Å². The van der Waals surface area contributed by atoms with E-state index in [0.717, 1.165) is 5.69 Å². The van der Waals surface area contributed by atoms with E-state index in [1.807, 2.05) is 5.38 Å². The number of anilines is 1. The smallest absolute Gasteiger partial charge is 0.261 e. The van der Waals surface area contributed by atoms with E-state index in [1.54, 1.807) is 38.4 Å². The predicted octanol–water partition coefficient (Wildman–Crippen LogP) is 3.16. The van der Waals surface area contributed by atoms with Crippen LogP contribution in [0.25, 0.3) is 0 Å². The molecule has 0 spiro atoms. The Morgan fingerprint density at radius 1 is 1.24 bits per heavy atom. The van der Waals surface area contributed by atoms with Gasteiger partial charge >= 0.3 is 0 Å². The SMILES string of the molecule is CN(C)C(=O)COc1ccccc1C(=O)Nc1nc(C(C)(C)C)cs1. The van der Waals surface area contributed by atoms with E-state index in [0.29, 0.717) is 16.4 Å². The third-order valence-corrected chi connectivity index (χ3v) is 4.23. The molecular weight excluding hydrogens is 338 g/mol. The molecule has 0 saturated heterocycles. The Kier molecular flexibility index (Phi) is 5.79. The number of hydrogen-bond donors (Lipinski definition) is 1. The lowest BCUT2D eigenvalue weighted by atomic mass is 9.93. The minimum atomic E-state index is -0.317. The van der Waals surface area contributed by atoms with Crippen LogP contribution in [0, 0.1) is 0 Å². The van der Waals surface area contributed by atoms with Crippen molar-refractivity contribution in [2.24, 2.45) is 0 Å². The van der Waals surface area contributed by atoms with Crippen molar-refractivity contribution in [3.8, 4) is 5.75 Å². The van der Waals surface area contributed by atoms with Gasteiger partial charge in [-0.05, 0) is 12.1 Å². The predicted molar refractivity (Wildman–Crippen MR) is 99.4 cm³/mol. The van der Waals surface area contributed by atoms with Crippen LogP contribution in [0.1, 0.15) is 36.8 Å². The second-order valence-electron chi connectivity index (χ2n) is 6.82. The maximum Gasteiger partial charge on any atom is 0.261 e. The lowest BCUT2D eigenvalue weighted by Gasteiger charge is -2.14. The van der Waals surface area contributed by atoms with Gasteiger partial charge < -0.3 is 9.64 Å². The fourth-order valence-electron chi connectivity index (χ4n) is 1.89. The second-order valence-corrected chi connectivity index (χ2v) is 7.67. The van der Waals surface area contributed by atoms with Crippen LogP contribution in [0.2, 0.25) is 0 Å². The highest BCUT2D eigenvalue weighted by atomic mass is 32.1. The number of thiazole rings is 1. The quantitative estimate of drug-likeness (QED) is 0.888. The lowest BCUT2D eigenvalue weighted by Crippen LogP contribution is -2.28. The summed E-state index contributed by atoms with van der Waals surface area (Å²) in [7, 11) is 3.30. The molecule has 134 valence electrons. The second kappa shape index (κ2) is 7.65. The van der Waals surface area contributed by atoms with Crippen molar-refractivity contribution in [3.63, 3.8) is 0 Å². The molecule has 2 rings (SSSR count). The van der Waals surface area contributed by atoms with Crippen LogP contribution in [0.5, 0.6) is 5.75 Å². The zero-order valence-electron chi connectivity index (χ0n) is 15.1. The number of benzene rings is 1. The molecule has 25 heavy (non-hydrogen) atoms. The van der Waals surface area contributed by atoms with Crippen LogP contribution in [-0.4, -0.2) is 42.4 Å². The number of carbonyl (C=O) groups is 2. The molecule has 1 N–H and O–H groups in total. The summed E-state index contributed by atoms with van der Waals surface area (Å²) in [4.78, 5) is 30.1. The third kappa shape index (κ3) is 5.03. The summed E-state index contributed by atoms with van der Waals surface area (Å²) in [6.07, 6.45) is 0. The maximum atomic E-state index is 12.6. The largest absolute Gasteiger partial charge is 0.483 e. The first-order valence-electron chi connectivity index (χ1n) is 7.88. The van der Waals surface area contributed by atoms with Gasteiger partial charge in [0.15, 0.2) is 11.7 Å². The van der Waals surface area contributed by atoms with Gasteiger partial charge in [0.2, 0.25) is 0 Å². The zero-order chi connectivity index (χ0) is 18.6. The molecule has 2 aromatic rings. The van der Waals surface area contributed by atoms with Gasteiger partial charge in [-0.15, -0.1) is 11.3 Å². The Labute approximate surface area is 151 Å². The number of rotatable bonds is 5. The van der Waals surface area contributed by atoms with E-state index in [1.165, 1.54) is 16.2 Å². The summed E-state index contributed by atoms with van der Waals surface area (Å²) in [5, 5.41) is 5.27. The van der Waals surface area contributed by atoms with Gasteiger partial charge in [0.1, 0.15) is 5.75 Å².